The van der Waals surface area contributed by atoms with Crippen LogP contribution in [-0.2, 0) is 16.1 Å². The van der Waals surface area contributed by atoms with Gasteiger partial charge in [-0.1, -0.05) is 11.6 Å². The van der Waals surface area contributed by atoms with Crippen LogP contribution >= 0.6 is 11.6 Å². The van der Waals surface area contributed by atoms with Crippen LogP contribution in [0.1, 0.15) is 50.5 Å². The number of aromatic hydroxyl groups is 1. The SMILES string of the molecule is O=C(CC12CC3CC(CC(C3)C1)C2)NCC(=O)N1CCN(Cc2cc(Cl)ccc2O)CC1. The van der Waals surface area contributed by atoms with E-state index in [0.717, 1.165) is 36.4 Å². The van der Waals surface area contributed by atoms with Gasteiger partial charge in [-0.05, 0) is 79.9 Å². The van der Waals surface area contributed by atoms with Crippen LogP contribution in [-0.4, -0.2) is 59.4 Å². The van der Waals surface area contributed by atoms with Crippen LogP contribution < -0.4 is 5.32 Å². The zero-order valence-electron chi connectivity index (χ0n) is 18.7. The van der Waals surface area contributed by atoms with Crippen molar-refractivity contribution < 1.29 is 14.7 Å². The molecule has 4 saturated carbocycles. The molecule has 4 bridgehead atoms. The van der Waals surface area contributed by atoms with Gasteiger partial charge >= 0.3 is 0 Å². The zero-order valence-corrected chi connectivity index (χ0v) is 19.4. The molecule has 4 aliphatic carbocycles. The lowest BCUT2D eigenvalue weighted by molar-refractivity contribution is -0.136. The monoisotopic (exact) mass is 459 g/mol. The van der Waals surface area contributed by atoms with Crippen LogP contribution in [0.4, 0.5) is 0 Å². The first-order chi connectivity index (χ1) is 15.4. The standard InChI is InChI=1S/C25H34ClN3O3/c26-21-1-2-22(30)20(10-21)16-28-3-5-29(6-4-28)24(32)15-27-23(31)14-25-11-17-7-18(12-25)9-19(8-17)13-25/h1-2,10,17-19,30H,3-9,11-16H2,(H,27,31). The van der Waals surface area contributed by atoms with Crippen molar-refractivity contribution in [2.75, 3.05) is 32.7 Å². The van der Waals surface area contributed by atoms with Crippen molar-refractivity contribution in [2.45, 2.75) is 51.5 Å². The van der Waals surface area contributed by atoms with Gasteiger partial charge in [0.1, 0.15) is 5.75 Å². The van der Waals surface area contributed by atoms with E-state index in [-0.39, 0.29) is 29.5 Å². The minimum Gasteiger partial charge on any atom is -0.508 e. The van der Waals surface area contributed by atoms with E-state index < -0.39 is 0 Å². The Morgan fingerprint density at radius 1 is 1.03 bits per heavy atom. The molecule has 1 aliphatic heterocycles. The molecule has 5 aliphatic rings. The fraction of sp³-hybridized carbons (Fsp3) is 0.680. The molecule has 2 amide bonds. The molecule has 0 aromatic heterocycles. The van der Waals surface area contributed by atoms with Gasteiger partial charge in [0, 0.05) is 49.7 Å². The molecule has 2 N–H and O–H groups in total. The Bertz CT molecular complexity index is 846. The van der Waals surface area contributed by atoms with Gasteiger partial charge in [-0.25, -0.2) is 0 Å². The number of nitrogens with zero attached hydrogens (tertiary/aromatic N) is 2. The van der Waals surface area contributed by atoms with Gasteiger partial charge in [0.05, 0.1) is 6.54 Å². The van der Waals surface area contributed by atoms with Gasteiger partial charge in [-0.2, -0.15) is 0 Å². The number of amides is 2. The van der Waals surface area contributed by atoms with Gasteiger partial charge in [-0.3, -0.25) is 14.5 Å². The fourth-order valence-electron chi connectivity index (χ4n) is 7.27. The molecule has 6 nitrogen and oxygen atoms in total. The number of phenolic OH excluding ortho intramolecular Hbond substituents is 1. The Morgan fingerprint density at radius 2 is 1.66 bits per heavy atom. The number of hydrogen-bond acceptors (Lipinski definition) is 4. The molecule has 0 atom stereocenters. The lowest BCUT2D eigenvalue weighted by Crippen LogP contribution is -2.51. The molecule has 0 spiro atoms. The van der Waals surface area contributed by atoms with E-state index in [1.165, 1.54) is 38.5 Å². The molecule has 1 aromatic rings. The highest BCUT2D eigenvalue weighted by Gasteiger charge is 2.51. The van der Waals surface area contributed by atoms with E-state index in [1.807, 2.05) is 4.90 Å². The molecule has 1 heterocycles. The number of rotatable bonds is 6. The maximum Gasteiger partial charge on any atom is 0.242 e. The number of piperazine rings is 1. The van der Waals surface area contributed by atoms with Crippen LogP contribution in [0.2, 0.25) is 5.02 Å². The van der Waals surface area contributed by atoms with Gasteiger partial charge in [0.25, 0.3) is 0 Å². The summed E-state index contributed by atoms with van der Waals surface area (Å²) in [5.41, 5.74) is 1.01. The summed E-state index contributed by atoms with van der Waals surface area (Å²) in [5.74, 6) is 2.79. The summed E-state index contributed by atoms with van der Waals surface area (Å²) >= 11 is 6.04. The van der Waals surface area contributed by atoms with Crippen molar-refractivity contribution in [1.82, 2.24) is 15.1 Å². The molecule has 174 valence electrons. The Morgan fingerprint density at radius 3 is 2.28 bits per heavy atom. The summed E-state index contributed by atoms with van der Waals surface area (Å²) in [5, 5.41) is 13.6. The lowest BCUT2D eigenvalue weighted by Gasteiger charge is -2.56. The summed E-state index contributed by atoms with van der Waals surface area (Å²) in [7, 11) is 0. The van der Waals surface area contributed by atoms with Crippen molar-refractivity contribution in [2.24, 2.45) is 23.2 Å². The van der Waals surface area contributed by atoms with E-state index in [1.54, 1.807) is 18.2 Å². The minimum absolute atomic E-state index is 0.00545. The van der Waals surface area contributed by atoms with Crippen LogP contribution in [0, 0.1) is 23.2 Å². The minimum atomic E-state index is -0.00545. The van der Waals surface area contributed by atoms with Crippen molar-refractivity contribution in [3.8, 4) is 5.75 Å². The molecule has 0 unspecified atom stereocenters. The lowest BCUT2D eigenvalue weighted by atomic mass is 9.49. The molecular weight excluding hydrogens is 426 g/mol. The molecule has 1 aromatic carbocycles. The van der Waals surface area contributed by atoms with Crippen LogP contribution in [0.15, 0.2) is 18.2 Å². The Hall–Kier alpha value is -1.79. The number of halogens is 1. The third-order valence-electron chi connectivity index (χ3n) is 8.30. The number of phenols is 1. The maximum atomic E-state index is 12.7. The molecule has 32 heavy (non-hydrogen) atoms. The van der Waals surface area contributed by atoms with Crippen molar-refractivity contribution in [1.29, 1.82) is 0 Å². The predicted octanol–water partition coefficient (Wildman–Crippen LogP) is 3.41. The van der Waals surface area contributed by atoms with E-state index in [2.05, 4.69) is 10.2 Å². The molecule has 1 saturated heterocycles. The second kappa shape index (κ2) is 8.86. The second-order valence-corrected chi connectivity index (χ2v) is 11.2. The number of nitrogens with one attached hydrogen (secondary N) is 1. The molecule has 6 rings (SSSR count). The Balaban J connectivity index is 1.06. The van der Waals surface area contributed by atoms with E-state index in [9.17, 15) is 14.7 Å². The molecule has 7 heteroatoms. The quantitative estimate of drug-likeness (QED) is 0.683. The highest BCUT2D eigenvalue weighted by Crippen LogP contribution is 2.61. The highest BCUT2D eigenvalue weighted by molar-refractivity contribution is 6.30. The van der Waals surface area contributed by atoms with E-state index >= 15 is 0 Å². The van der Waals surface area contributed by atoms with Crippen molar-refractivity contribution >= 4 is 23.4 Å². The van der Waals surface area contributed by atoms with Gasteiger partial charge in [0.15, 0.2) is 0 Å². The topological polar surface area (TPSA) is 72.9 Å². The third kappa shape index (κ3) is 4.76. The van der Waals surface area contributed by atoms with Gasteiger partial charge < -0.3 is 15.3 Å². The number of hydrogen-bond donors (Lipinski definition) is 2. The maximum absolute atomic E-state index is 12.7. The zero-order chi connectivity index (χ0) is 22.3. The normalized spacial score (nSPS) is 31.7. The summed E-state index contributed by atoms with van der Waals surface area (Å²) in [6.45, 7) is 3.43. The fourth-order valence-corrected chi connectivity index (χ4v) is 7.47. The molecular formula is C25H34ClN3O3. The summed E-state index contributed by atoms with van der Waals surface area (Å²) < 4.78 is 0. The summed E-state index contributed by atoms with van der Waals surface area (Å²) in [6.07, 6.45) is 8.37. The van der Waals surface area contributed by atoms with Gasteiger partial charge in [-0.15, -0.1) is 0 Å². The number of carbonyl (C=O) groups excluding carboxylic acids is 2. The first-order valence-electron chi connectivity index (χ1n) is 12.1. The number of benzene rings is 1. The third-order valence-corrected chi connectivity index (χ3v) is 8.53. The Kier molecular flexibility index (Phi) is 6.10. The average Bonchev–Trinajstić information content (AvgIpc) is 2.74. The summed E-state index contributed by atoms with van der Waals surface area (Å²) in [4.78, 5) is 29.4. The number of carbonyl (C=O) groups is 2. The second-order valence-electron chi connectivity index (χ2n) is 10.8. The highest BCUT2D eigenvalue weighted by atomic mass is 35.5. The smallest absolute Gasteiger partial charge is 0.242 e. The van der Waals surface area contributed by atoms with E-state index in [4.69, 9.17) is 11.6 Å². The molecule has 5 fully saturated rings. The average molecular weight is 460 g/mol. The first-order valence-corrected chi connectivity index (χ1v) is 12.5. The van der Waals surface area contributed by atoms with Crippen molar-refractivity contribution in [3.05, 3.63) is 28.8 Å². The summed E-state index contributed by atoms with van der Waals surface area (Å²) in [6, 6.07) is 5.08. The Labute approximate surface area is 195 Å². The van der Waals surface area contributed by atoms with Crippen LogP contribution in [0.3, 0.4) is 0 Å². The first kappa shape index (κ1) is 22.0. The van der Waals surface area contributed by atoms with Gasteiger partial charge in [0.2, 0.25) is 11.8 Å². The van der Waals surface area contributed by atoms with Crippen LogP contribution in [0.25, 0.3) is 0 Å². The molecule has 0 radical (unpaired) electrons. The van der Waals surface area contributed by atoms with E-state index in [0.29, 0.717) is 31.1 Å². The van der Waals surface area contributed by atoms with Crippen LogP contribution in [0.5, 0.6) is 5.75 Å². The van der Waals surface area contributed by atoms with Crippen molar-refractivity contribution in [3.63, 3.8) is 0 Å². The largest absolute Gasteiger partial charge is 0.508 e. The predicted molar refractivity (Wildman–Crippen MR) is 123 cm³/mol.